The van der Waals surface area contributed by atoms with E-state index in [2.05, 4.69) is 26.1 Å². The number of aromatic amines is 1. The molecule has 0 bridgehead atoms. The van der Waals surface area contributed by atoms with Crippen LogP contribution in [-0.4, -0.2) is 58.0 Å². The Morgan fingerprint density at radius 2 is 1.82 bits per heavy atom. The molecule has 0 saturated carbocycles. The number of nitrogens with one attached hydrogen (secondary N) is 1. The van der Waals surface area contributed by atoms with Gasteiger partial charge < -0.3 is 19.8 Å². The van der Waals surface area contributed by atoms with Crippen LogP contribution in [-0.2, 0) is 6.42 Å². The molecule has 2 aromatic carbocycles. The molecule has 2 N–H and O–H groups in total. The summed E-state index contributed by atoms with van der Waals surface area (Å²) in [4.78, 5) is 14.9. The fraction of sp³-hybridized carbons (Fsp3) is 0.222. The molecule has 0 spiro atoms. The number of ether oxygens (including phenoxy) is 1. The highest BCUT2D eigenvalue weighted by Crippen LogP contribution is 2.37. The highest BCUT2D eigenvalue weighted by atomic mass is 16.5. The highest BCUT2D eigenvalue weighted by Gasteiger charge is 2.22. The van der Waals surface area contributed by atoms with Crippen LogP contribution in [0.1, 0.15) is 17.5 Å². The molecule has 0 saturated heterocycles. The number of H-pyrrole nitrogens is 1. The van der Waals surface area contributed by atoms with Crippen LogP contribution >= 0.6 is 0 Å². The molecule has 5 rings (SSSR count). The van der Waals surface area contributed by atoms with Crippen molar-refractivity contribution < 1.29 is 9.94 Å². The van der Waals surface area contributed by atoms with Gasteiger partial charge >= 0.3 is 0 Å². The topological polar surface area (TPSA) is 86.6 Å². The number of aryl methyl sites for hydroxylation is 1. The lowest BCUT2D eigenvalue weighted by atomic mass is 10.0. The van der Waals surface area contributed by atoms with E-state index in [9.17, 15) is 5.21 Å². The third kappa shape index (κ3) is 4.30. The van der Waals surface area contributed by atoms with Crippen molar-refractivity contribution in [1.29, 1.82) is 0 Å². The van der Waals surface area contributed by atoms with Crippen LogP contribution in [0.5, 0.6) is 5.75 Å². The molecular formula is C27H27N5O2. The second-order valence-electron chi connectivity index (χ2n) is 8.61. The molecule has 4 aromatic rings. The number of fused-ring (bicyclic) bond motifs is 1. The van der Waals surface area contributed by atoms with Gasteiger partial charge in [-0.1, -0.05) is 29.4 Å². The summed E-state index contributed by atoms with van der Waals surface area (Å²) >= 11 is 0. The fourth-order valence-electron chi connectivity index (χ4n) is 4.28. The van der Waals surface area contributed by atoms with Gasteiger partial charge in [-0.3, -0.25) is 4.98 Å². The Bertz CT molecular complexity index is 1330. The zero-order valence-corrected chi connectivity index (χ0v) is 19.3. The number of oxime groups is 1. The van der Waals surface area contributed by atoms with E-state index in [0.29, 0.717) is 6.61 Å². The van der Waals surface area contributed by atoms with Crippen LogP contribution in [0.2, 0.25) is 0 Å². The van der Waals surface area contributed by atoms with Crippen LogP contribution in [0, 0.1) is 0 Å². The molecule has 34 heavy (non-hydrogen) atoms. The van der Waals surface area contributed by atoms with E-state index in [1.54, 1.807) is 12.4 Å². The fourth-order valence-corrected chi connectivity index (χ4v) is 4.28. The predicted octanol–water partition coefficient (Wildman–Crippen LogP) is 4.87. The van der Waals surface area contributed by atoms with Crippen LogP contribution in [0.3, 0.4) is 0 Å². The molecule has 172 valence electrons. The van der Waals surface area contributed by atoms with Crippen molar-refractivity contribution in [3.63, 3.8) is 0 Å². The molecule has 0 amide bonds. The Morgan fingerprint density at radius 3 is 2.62 bits per heavy atom. The molecule has 0 atom stereocenters. The predicted molar refractivity (Wildman–Crippen MR) is 133 cm³/mol. The Morgan fingerprint density at radius 1 is 1.00 bits per heavy atom. The van der Waals surface area contributed by atoms with Gasteiger partial charge in [0.25, 0.3) is 0 Å². The third-order valence-corrected chi connectivity index (χ3v) is 6.05. The molecule has 2 heterocycles. The van der Waals surface area contributed by atoms with Crippen molar-refractivity contribution in [2.24, 2.45) is 5.16 Å². The summed E-state index contributed by atoms with van der Waals surface area (Å²) in [6.07, 6.45) is 5.16. The van der Waals surface area contributed by atoms with E-state index in [1.807, 2.05) is 62.6 Å². The van der Waals surface area contributed by atoms with Crippen molar-refractivity contribution in [3.8, 4) is 39.7 Å². The second-order valence-corrected chi connectivity index (χ2v) is 8.61. The van der Waals surface area contributed by atoms with Crippen molar-refractivity contribution in [2.45, 2.75) is 12.8 Å². The zero-order valence-electron chi connectivity index (χ0n) is 19.3. The van der Waals surface area contributed by atoms with E-state index in [1.165, 1.54) is 5.56 Å². The standard InChI is InChI=1S/C27H27N5O2/c1-32(2)15-16-34-24-6-4-3-5-22(24)27-29-25(18-11-13-28-14-12-18)26(30-27)20-7-9-21-19(17-20)8-10-23(21)31-33/h3-7,9,11-14,17,33H,8,10,15-16H2,1-2H3,(H,29,30). The summed E-state index contributed by atoms with van der Waals surface area (Å²) in [5.74, 6) is 1.55. The minimum atomic E-state index is 0.592. The van der Waals surface area contributed by atoms with Crippen LogP contribution in [0.4, 0.5) is 0 Å². The van der Waals surface area contributed by atoms with Crippen LogP contribution < -0.4 is 4.74 Å². The van der Waals surface area contributed by atoms with Gasteiger partial charge in [0.15, 0.2) is 0 Å². The Hall–Kier alpha value is -3.97. The van der Waals surface area contributed by atoms with E-state index >= 15 is 0 Å². The minimum absolute atomic E-state index is 0.592. The average Bonchev–Trinajstić information content (AvgIpc) is 3.49. The van der Waals surface area contributed by atoms with Crippen LogP contribution in [0.15, 0.2) is 72.1 Å². The number of hydrogen-bond acceptors (Lipinski definition) is 6. The first-order valence-corrected chi connectivity index (χ1v) is 11.4. The molecule has 7 heteroatoms. The Balaban J connectivity index is 1.59. The van der Waals surface area contributed by atoms with Gasteiger partial charge in [-0.2, -0.15) is 0 Å². The van der Waals surface area contributed by atoms with Gasteiger partial charge in [0.05, 0.1) is 22.7 Å². The van der Waals surface area contributed by atoms with Gasteiger partial charge in [-0.05, 0) is 62.8 Å². The first-order chi connectivity index (χ1) is 16.6. The Kier molecular flexibility index (Phi) is 6.10. The van der Waals surface area contributed by atoms with Gasteiger partial charge in [-0.25, -0.2) is 4.98 Å². The lowest BCUT2D eigenvalue weighted by Crippen LogP contribution is -2.19. The molecule has 1 aliphatic carbocycles. The number of para-hydroxylation sites is 1. The maximum atomic E-state index is 9.29. The van der Waals surface area contributed by atoms with E-state index in [4.69, 9.17) is 9.72 Å². The number of rotatable bonds is 7. The summed E-state index contributed by atoms with van der Waals surface area (Å²) in [5, 5.41) is 12.7. The van der Waals surface area contributed by atoms with Gasteiger partial charge in [-0.15, -0.1) is 0 Å². The molecule has 0 unspecified atom stereocenters. The number of pyridine rings is 1. The number of nitrogens with zero attached hydrogens (tertiary/aromatic N) is 4. The highest BCUT2D eigenvalue weighted by molar-refractivity contribution is 6.04. The minimum Gasteiger partial charge on any atom is -0.491 e. The normalized spacial score (nSPS) is 14.0. The molecule has 0 radical (unpaired) electrons. The summed E-state index contributed by atoms with van der Waals surface area (Å²) in [6, 6.07) is 18.1. The average molecular weight is 454 g/mol. The lowest BCUT2D eigenvalue weighted by Gasteiger charge is -2.13. The van der Waals surface area contributed by atoms with Crippen molar-refractivity contribution in [3.05, 3.63) is 78.1 Å². The van der Waals surface area contributed by atoms with E-state index < -0.39 is 0 Å². The van der Waals surface area contributed by atoms with Gasteiger partial charge in [0.2, 0.25) is 0 Å². The first kappa shape index (κ1) is 21.9. The summed E-state index contributed by atoms with van der Waals surface area (Å²) < 4.78 is 6.10. The molecule has 0 aliphatic heterocycles. The SMILES string of the molecule is CN(C)CCOc1ccccc1-c1nc(-c2ccc3c(c2)CCC3=NO)c(-c2ccncc2)[nH]1. The molecule has 1 aliphatic rings. The molecule has 2 aromatic heterocycles. The van der Waals surface area contributed by atoms with Crippen molar-refractivity contribution in [2.75, 3.05) is 27.2 Å². The van der Waals surface area contributed by atoms with Crippen LogP contribution in [0.25, 0.3) is 33.9 Å². The van der Waals surface area contributed by atoms with Crippen molar-refractivity contribution >= 4 is 5.71 Å². The number of aromatic nitrogens is 3. The summed E-state index contributed by atoms with van der Waals surface area (Å²) in [5.41, 5.74) is 7.64. The monoisotopic (exact) mass is 453 g/mol. The number of imidazole rings is 1. The molecular weight excluding hydrogens is 426 g/mol. The zero-order chi connectivity index (χ0) is 23.5. The quantitative estimate of drug-likeness (QED) is 0.308. The first-order valence-electron chi connectivity index (χ1n) is 11.4. The number of hydrogen-bond donors (Lipinski definition) is 2. The molecule has 0 fully saturated rings. The smallest absolute Gasteiger partial charge is 0.142 e. The lowest BCUT2D eigenvalue weighted by molar-refractivity contribution is 0.262. The summed E-state index contributed by atoms with van der Waals surface area (Å²) in [7, 11) is 4.06. The van der Waals surface area contributed by atoms with E-state index in [-0.39, 0.29) is 0 Å². The largest absolute Gasteiger partial charge is 0.491 e. The molecule has 7 nitrogen and oxygen atoms in total. The maximum Gasteiger partial charge on any atom is 0.142 e. The maximum absolute atomic E-state index is 9.29. The number of likely N-dealkylation sites (N-methyl/N-ethyl adjacent to an activating group) is 1. The van der Waals surface area contributed by atoms with E-state index in [0.717, 1.165) is 70.3 Å². The number of benzene rings is 2. The van der Waals surface area contributed by atoms with Gasteiger partial charge in [0.1, 0.15) is 18.2 Å². The van der Waals surface area contributed by atoms with Crippen molar-refractivity contribution in [1.82, 2.24) is 19.9 Å². The second kappa shape index (κ2) is 9.49. The third-order valence-electron chi connectivity index (χ3n) is 6.05. The van der Waals surface area contributed by atoms with Gasteiger partial charge in [0, 0.05) is 35.6 Å². The summed E-state index contributed by atoms with van der Waals surface area (Å²) in [6.45, 7) is 1.42. The Labute approximate surface area is 198 Å².